The molecule has 0 spiro atoms. The average molecular weight is 329 g/mol. The molecule has 0 aliphatic carbocycles. The summed E-state index contributed by atoms with van der Waals surface area (Å²) in [4.78, 5) is 42.0. The van der Waals surface area contributed by atoms with Crippen LogP contribution in [0.3, 0.4) is 0 Å². The van der Waals surface area contributed by atoms with Gasteiger partial charge in [-0.3, -0.25) is 19.0 Å². The SMILES string of the molecule is C[C@@H]1CC[C@H](C(=O)O)CN1C(=O)Cn1cnc2ccccc2c1=O. The van der Waals surface area contributed by atoms with Crippen LogP contribution in [0, 0.1) is 5.92 Å². The Kier molecular flexibility index (Phi) is 4.33. The number of nitrogens with zero attached hydrogens (tertiary/aromatic N) is 3. The summed E-state index contributed by atoms with van der Waals surface area (Å²) in [5, 5.41) is 9.63. The lowest BCUT2D eigenvalue weighted by Crippen LogP contribution is -2.49. The molecule has 1 aromatic carbocycles. The maximum absolute atomic E-state index is 12.6. The van der Waals surface area contributed by atoms with E-state index >= 15 is 0 Å². The van der Waals surface area contributed by atoms with E-state index in [4.69, 9.17) is 0 Å². The number of carbonyl (C=O) groups is 2. The second kappa shape index (κ2) is 6.43. The molecule has 7 nitrogen and oxygen atoms in total. The van der Waals surface area contributed by atoms with E-state index in [2.05, 4.69) is 4.98 Å². The van der Waals surface area contributed by atoms with Crippen LogP contribution in [0.1, 0.15) is 19.8 Å². The van der Waals surface area contributed by atoms with E-state index in [1.165, 1.54) is 10.9 Å². The average Bonchev–Trinajstić information content (AvgIpc) is 2.57. The number of amides is 1. The predicted octanol–water partition coefficient (Wildman–Crippen LogP) is 1.11. The first-order valence-electron chi connectivity index (χ1n) is 7.94. The zero-order valence-electron chi connectivity index (χ0n) is 13.4. The monoisotopic (exact) mass is 329 g/mol. The van der Waals surface area contributed by atoms with Crippen molar-refractivity contribution in [3.63, 3.8) is 0 Å². The highest BCUT2D eigenvalue weighted by molar-refractivity contribution is 5.80. The van der Waals surface area contributed by atoms with Crippen molar-refractivity contribution in [1.29, 1.82) is 0 Å². The molecule has 1 fully saturated rings. The summed E-state index contributed by atoms with van der Waals surface area (Å²) >= 11 is 0. The van der Waals surface area contributed by atoms with Crippen molar-refractivity contribution in [1.82, 2.24) is 14.5 Å². The van der Waals surface area contributed by atoms with Crippen LogP contribution in [0.15, 0.2) is 35.4 Å². The fourth-order valence-electron chi connectivity index (χ4n) is 3.11. The number of carbonyl (C=O) groups excluding carboxylic acids is 1. The molecule has 2 atom stereocenters. The van der Waals surface area contributed by atoms with Gasteiger partial charge < -0.3 is 10.0 Å². The molecule has 0 saturated carbocycles. The third-order valence-electron chi connectivity index (χ3n) is 4.59. The molecule has 1 aliphatic rings. The third kappa shape index (κ3) is 3.02. The Hall–Kier alpha value is -2.70. The second-order valence-corrected chi connectivity index (χ2v) is 6.20. The maximum atomic E-state index is 12.6. The highest BCUT2D eigenvalue weighted by Crippen LogP contribution is 2.22. The lowest BCUT2D eigenvalue weighted by molar-refractivity contribution is -0.147. The molecule has 0 bridgehead atoms. The van der Waals surface area contributed by atoms with Gasteiger partial charge in [-0.15, -0.1) is 0 Å². The van der Waals surface area contributed by atoms with Gasteiger partial charge in [0.15, 0.2) is 0 Å². The van der Waals surface area contributed by atoms with Gasteiger partial charge in [-0.25, -0.2) is 4.98 Å². The van der Waals surface area contributed by atoms with Gasteiger partial charge in [0.1, 0.15) is 6.54 Å². The minimum atomic E-state index is -0.885. The van der Waals surface area contributed by atoms with Crippen LogP contribution in [0.4, 0.5) is 0 Å². The fraction of sp³-hybridized carbons (Fsp3) is 0.412. The summed E-state index contributed by atoms with van der Waals surface area (Å²) in [5.74, 6) is -1.69. The Morgan fingerprint density at radius 1 is 1.29 bits per heavy atom. The number of carboxylic acid groups (broad SMARTS) is 1. The first-order valence-corrected chi connectivity index (χ1v) is 7.94. The molecule has 0 radical (unpaired) electrons. The fourth-order valence-corrected chi connectivity index (χ4v) is 3.11. The standard InChI is InChI=1S/C17H19N3O4/c1-11-6-7-12(17(23)24)8-20(11)15(21)9-19-10-18-14-5-3-2-4-13(14)16(19)22/h2-5,10-12H,6-9H2,1H3,(H,23,24)/t11-,12+/m1/s1. The van der Waals surface area contributed by atoms with Crippen LogP contribution in [0.25, 0.3) is 10.9 Å². The van der Waals surface area contributed by atoms with Crippen molar-refractivity contribution in [2.24, 2.45) is 5.92 Å². The predicted molar refractivity (Wildman–Crippen MR) is 87.5 cm³/mol. The molecule has 3 rings (SSSR count). The van der Waals surface area contributed by atoms with E-state index in [0.717, 1.165) is 0 Å². The molecular weight excluding hydrogens is 310 g/mol. The molecule has 2 aromatic rings. The minimum absolute atomic E-state index is 0.0304. The van der Waals surface area contributed by atoms with Crippen molar-refractivity contribution in [3.05, 3.63) is 40.9 Å². The van der Waals surface area contributed by atoms with Gasteiger partial charge in [0.05, 0.1) is 23.1 Å². The number of fused-ring (bicyclic) bond motifs is 1. The van der Waals surface area contributed by atoms with Crippen molar-refractivity contribution < 1.29 is 14.7 Å². The number of benzene rings is 1. The van der Waals surface area contributed by atoms with E-state index in [1.54, 1.807) is 29.2 Å². The molecule has 126 valence electrons. The summed E-state index contributed by atoms with van der Waals surface area (Å²) in [7, 11) is 0. The first kappa shape index (κ1) is 16.2. The number of carboxylic acids is 1. The Labute approximate surface area is 138 Å². The lowest BCUT2D eigenvalue weighted by atomic mass is 9.93. The van der Waals surface area contributed by atoms with Gasteiger partial charge in [-0.1, -0.05) is 12.1 Å². The Bertz CT molecular complexity index is 845. The van der Waals surface area contributed by atoms with E-state index in [9.17, 15) is 19.5 Å². The first-order chi connectivity index (χ1) is 11.5. The van der Waals surface area contributed by atoms with E-state index in [-0.39, 0.29) is 30.6 Å². The number of aromatic nitrogens is 2. The topological polar surface area (TPSA) is 92.5 Å². The zero-order chi connectivity index (χ0) is 17.3. The number of likely N-dealkylation sites (tertiary alicyclic amines) is 1. The van der Waals surface area contributed by atoms with Gasteiger partial charge in [0.25, 0.3) is 5.56 Å². The lowest BCUT2D eigenvalue weighted by Gasteiger charge is -2.36. The number of hydrogen-bond donors (Lipinski definition) is 1. The molecular formula is C17H19N3O4. The highest BCUT2D eigenvalue weighted by Gasteiger charge is 2.32. The molecule has 1 saturated heterocycles. The van der Waals surface area contributed by atoms with Crippen molar-refractivity contribution in [2.45, 2.75) is 32.4 Å². The maximum Gasteiger partial charge on any atom is 0.308 e. The van der Waals surface area contributed by atoms with Crippen molar-refractivity contribution in [3.8, 4) is 0 Å². The molecule has 1 aliphatic heterocycles. The van der Waals surface area contributed by atoms with Crippen LogP contribution in [0.2, 0.25) is 0 Å². The molecule has 1 amide bonds. The molecule has 1 N–H and O–H groups in total. The van der Waals surface area contributed by atoms with Crippen molar-refractivity contribution >= 4 is 22.8 Å². The summed E-state index contributed by atoms with van der Waals surface area (Å²) in [5.41, 5.74) is 0.317. The minimum Gasteiger partial charge on any atom is -0.481 e. The normalized spacial score (nSPS) is 21.0. The summed E-state index contributed by atoms with van der Waals surface area (Å²) in [6.45, 7) is 1.95. The van der Waals surface area contributed by atoms with E-state index in [0.29, 0.717) is 23.7 Å². The summed E-state index contributed by atoms with van der Waals surface area (Å²) in [6.07, 6.45) is 2.58. The van der Waals surface area contributed by atoms with Gasteiger partial charge in [0, 0.05) is 12.6 Å². The van der Waals surface area contributed by atoms with Gasteiger partial charge in [-0.2, -0.15) is 0 Å². The number of hydrogen-bond acceptors (Lipinski definition) is 4. The number of para-hydroxylation sites is 1. The largest absolute Gasteiger partial charge is 0.481 e. The smallest absolute Gasteiger partial charge is 0.308 e. The highest BCUT2D eigenvalue weighted by atomic mass is 16.4. The molecule has 24 heavy (non-hydrogen) atoms. The number of rotatable bonds is 3. The second-order valence-electron chi connectivity index (χ2n) is 6.20. The molecule has 1 aromatic heterocycles. The third-order valence-corrected chi connectivity index (χ3v) is 4.59. The quantitative estimate of drug-likeness (QED) is 0.910. The van der Waals surface area contributed by atoms with Gasteiger partial charge in [-0.05, 0) is 31.9 Å². The van der Waals surface area contributed by atoms with Crippen LogP contribution in [0.5, 0.6) is 0 Å². The van der Waals surface area contributed by atoms with Gasteiger partial charge >= 0.3 is 5.97 Å². The Morgan fingerprint density at radius 2 is 2.04 bits per heavy atom. The van der Waals surface area contributed by atoms with Gasteiger partial charge in [0.2, 0.25) is 5.91 Å². The van der Waals surface area contributed by atoms with Crippen LogP contribution >= 0.6 is 0 Å². The molecule has 0 unspecified atom stereocenters. The zero-order valence-corrected chi connectivity index (χ0v) is 13.4. The van der Waals surface area contributed by atoms with Crippen LogP contribution < -0.4 is 5.56 Å². The number of piperidine rings is 1. The van der Waals surface area contributed by atoms with Crippen LogP contribution in [-0.4, -0.2) is 44.0 Å². The van der Waals surface area contributed by atoms with E-state index < -0.39 is 11.9 Å². The Balaban J connectivity index is 1.83. The Morgan fingerprint density at radius 3 is 2.79 bits per heavy atom. The molecule has 7 heteroatoms. The molecule has 2 heterocycles. The van der Waals surface area contributed by atoms with Crippen molar-refractivity contribution in [2.75, 3.05) is 6.54 Å². The summed E-state index contributed by atoms with van der Waals surface area (Å²) < 4.78 is 1.28. The van der Waals surface area contributed by atoms with E-state index in [1.807, 2.05) is 6.92 Å². The summed E-state index contributed by atoms with van der Waals surface area (Å²) in [6, 6.07) is 6.94. The number of aliphatic carboxylic acids is 1. The van der Waals surface area contributed by atoms with Crippen LogP contribution in [-0.2, 0) is 16.1 Å².